The Bertz CT molecular complexity index is 1120. The van der Waals surface area contributed by atoms with E-state index in [2.05, 4.69) is 20.1 Å². The summed E-state index contributed by atoms with van der Waals surface area (Å²) in [5, 5.41) is 13.0. The molecule has 0 atom stereocenters. The third-order valence-electron chi connectivity index (χ3n) is 4.15. The number of aryl methyl sites for hydroxylation is 1. The minimum atomic E-state index is -0.242. The van der Waals surface area contributed by atoms with Crippen LogP contribution in [0.2, 0.25) is 0 Å². The number of hydrogen-bond acceptors (Lipinski definition) is 5. The van der Waals surface area contributed by atoms with E-state index in [0.717, 1.165) is 26.4 Å². The summed E-state index contributed by atoms with van der Waals surface area (Å²) in [5.41, 5.74) is 2.09. The quantitative estimate of drug-likeness (QED) is 0.466. The van der Waals surface area contributed by atoms with Gasteiger partial charge in [0.15, 0.2) is 0 Å². The van der Waals surface area contributed by atoms with Crippen molar-refractivity contribution in [2.24, 2.45) is 0 Å². The normalized spacial score (nSPS) is 11.1. The topological polar surface area (TPSA) is 59.8 Å². The second-order valence-corrected chi connectivity index (χ2v) is 8.43. The van der Waals surface area contributed by atoms with Crippen molar-refractivity contribution in [3.63, 3.8) is 0 Å². The number of aromatic nitrogens is 3. The van der Waals surface area contributed by atoms with Crippen molar-refractivity contribution in [2.75, 3.05) is 11.1 Å². The molecule has 8 heteroatoms. The van der Waals surface area contributed by atoms with Gasteiger partial charge in [0.25, 0.3) is 0 Å². The summed E-state index contributed by atoms with van der Waals surface area (Å²) in [5.74, 6) is -0.0751. The average Bonchev–Trinajstić information content (AvgIpc) is 3.25. The van der Waals surface area contributed by atoms with Gasteiger partial charge in [-0.05, 0) is 30.7 Å². The van der Waals surface area contributed by atoms with Gasteiger partial charge in [-0.3, -0.25) is 10.1 Å². The van der Waals surface area contributed by atoms with Gasteiger partial charge in [-0.25, -0.2) is 4.39 Å². The number of benzene rings is 2. The maximum absolute atomic E-state index is 13.2. The van der Waals surface area contributed by atoms with Crippen LogP contribution in [0.1, 0.15) is 10.6 Å². The molecule has 1 amide bonds. The number of hydrogen-bond donors (Lipinski definition) is 1. The van der Waals surface area contributed by atoms with E-state index in [9.17, 15) is 9.18 Å². The van der Waals surface area contributed by atoms with Gasteiger partial charge < -0.3 is 4.57 Å². The predicted octanol–water partition coefficient (Wildman–Crippen LogP) is 4.72. The van der Waals surface area contributed by atoms with Crippen molar-refractivity contribution in [3.05, 3.63) is 71.1 Å². The molecule has 0 aliphatic heterocycles. The van der Waals surface area contributed by atoms with Gasteiger partial charge in [-0.2, -0.15) is 0 Å². The fraction of sp³-hybridized carbons (Fsp3) is 0.150. The van der Waals surface area contributed by atoms with E-state index in [1.54, 1.807) is 12.1 Å². The summed E-state index contributed by atoms with van der Waals surface area (Å²) in [6.07, 6.45) is 2.04. The zero-order valence-electron chi connectivity index (χ0n) is 15.1. The number of rotatable bonds is 6. The number of anilines is 1. The molecule has 2 aromatic heterocycles. The van der Waals surface area contributed by atoms with Crippen molar-refractivity contribution < 1.29 is 9.18 Å². The van der Waals surface area contributed by atoms with Crippen LogP contribution < -0.4 is 5.32 Å². The minimum Gasteiger partial charge on any atom is -0.342 e. The first-order chi connectivity index (χ1) is 13.6. The number of nitrogens with zero attached hydrogens (tertiary/aromatic N) is 3. The molecule has 0 fully saturated rings. The summed E-state index contributed by atoms with van der Waals surface area (Å²) in [4.78, 5) is 13.3. The highest BCUT2D eigenvalue weighted by Gasteiger charge is 2.12. The molecule has 5 nitrogen and oxygen atoms in total. The maximum atomic E-state index is 13.2. The first-order valence-electron chi connectivity index (χ1n) is 8.63. The summed E-state index contributed by atoms with van der Waals surface area (Å²) < 4.78 is 15.3. The number of carbonyl (C=O) groups is 1. The number of nitrogens with one attached hydrogen (secondary N) is 1. The molecule has 0 bridgehead atoms. The van der Waals surface area contributed by atoms with Crippen molar-refractivity contribution in [2.45, 2.75) is 18.4 Å². The number of fused-ring (bicyclic) bond motifs is 1. The monoisotopic (exact) mass is 412 g/mol. The molecular formula is C20H17FN4OS2. The van der Waals surface area contributed by atoms with Crippen LogP contribution in [0, 0.1) is 12.7 Å². The Labute approximate surface area is 169 Å². The molecule has 2 heterocycles. The lowest BCUT2D eigenvalue weighted by molar-refractivity contribution is -0.113. The van der Waals surface area contributed by atoms with Crippen LogP contribution in [0.4, 0.5) is 9.52 Å². The minimum absolute atomic E-state index is 0.114. The van der Waals surface area contributed by atoms with Gasteiger partial charge in [0.05, 0.1) is 5.75 Å². The summed E-state index contributed by atoms with van der Waals surface area (Å²) in [6, 6.07) is 14.6. The molecule has 0 aliphatic rings. The van der Waals surface area contributed by atoms with Crippen molar-refractivity contribution in [1.82, 2.24) is 14.8 Å². The van der Waals surface area contributed by atoms with Crippen LogP contribution in [0.5, 0.6) is 0 Å². The van der Waals surface area contributed by atoms with Gasteiger partial charge in [0.1, 0.15) is 10.8 Å². The van der Waals surface area contributed by atoms with Crippen LogP contribution in [-0.4, -0.2) is 26.4 Å². The smallest absolute Gasteiger partial charge is 0.236 e. The van der Waals surface area contributed by atoms with Crippen LogP contribution in [-0.2, 0) is 11.3 Å². The molecule has 0 saturated carbocycles. The second-order valence-electron chi connectivity index (χ2n) is 6.23. The number of thioether (sulfide) groups is 1. The Morgan fingerprint density at radius 2 is 1.96 bits per heavy atom. The van der Waals surface area contributed by atoms with E-state index in [1.807, 2.05) is 37.4 Å². The van der Waals surface area contributed by atoms with Crippen molar-refractivity contribution in [3.8, 4) is 0 Å². The van der Waals surface area contributed by atoms with E-state index in [0.29, 0.717) is 11.7 Å². The third kappa shape index (κ3) is 4.23. The Balaban J connectivity index is 1.50. The largest absolute Gasteiger partial charge is 0.342 e. The number of para-hydroxylation sites is 1. The highest BCUT2D eigenvalue weighted by molar-refractivity contribution is 8.00. The van der Waals surface area contributed by atoms with Crippen molar-refractivity contribution in [1.29, 1.82) is 0 Å². The average molecular weight is 413 g/mol. The van der Waals surface area contributed by atoms with Gasteiger partial charge in [0, 0.05) is 28.5 Å². The molecule has 28 heavy (non-hydrogen) atoms. The summed E-state index contributed by atoms with van der Waals surface area (Å²) in [7, 11) is 0. The molecule has 0 spiro atoms. The molecule has 0 unspecified atom stereocenters. The Kier molecular flexibility index (Phi) is 5.40. The van der Waals surface area contributed by atoms with E-state index in [-0.39, 0.29) is 17.5 Å². The zero-order chi connectivity index (χ0) is 19.5. The lowest BCUT2D eigenvalue weighted by Gasteiger charge is -2.05. The lowest BCUT2D eigenvalue weighted by atomic mass is 10.2. The Morgan fingerprint density at radius 1 is 1.18 bits per heavy atom. The molecule has 4 aromatic rings. The lowest BCUT2D eigenvalue weighted by Crippen LogP contribution is -2.13. The number of carbonyl (C=O) groups excluding carboxylic acids is 1. The number of halogens is 1. The molecular weight excluding hydrogens is 395 g/mol. The van der Waals surface area contributed by atoms with E-state index < -0.39 is 0 Å². The summed E-state index contributed by atoms with van der Waals surface area (Å²) >= 11 is 2.83. The SMILES string of the molecule is Cc1nnc(NC(=O)CSc2cn(Cc3ccc(F)cc3)c3ccccc23)s1. The third-order valence-corrected chi connectivity index (χ3v) is 5.95. The van der Waals surface area contributed by atoms with Crippen LogP contribution in [0.25, 0.3) is 10.9 Å². The number of amides is 1. The maximum Gasteiger partial charge on any atom is 0.236 e. The fourth-order valence-electron chi connectivity index (χ4n) is 2.89. The van der Waals surface area contributed by atoms with Gasteiger partial charge in [-0.15, -0.1) is 22.0 Å². The Hall–Kier alpha value is -2.71. The summed E-state index contributed by atoms with van der Waals surface area (Å²) in [6.45, 7) is 2.48. The van der Waals surface area contributed by atoms with Crippen LogP contribution in [0.3, 0.4) is 0 Å². The predicted molar refractivity (Wildman–Crippen MR) is 111 cm³/mol. The van der Waals surface area contributed by atoms with Crippen LogP contribution >= 0.6 is 23.1 Å². The highest BCUT2D eigenvalue weighted by Crippen LogP contribution is 2.30. The first-order valence-corrected chi connectivity index (χ1v) is 10.4. The van der Waals surface area contributed by atoms with Crippen LogP contribution in [0.15, 0.2) is 59.6 Å². The first kappa shape index (κ1) is 18.6. The van der Waals surface area contributed by atoms with Gasteiger partial charge >= 0.3 is 0 Å². The fourth-order valence-corrected chi connectivity index (χ4v) is 4.39. The zero-order valence-corrected chi connectivity index (χ0v) is 16.7. The molecule has 4 rings (SSSR count). The van der Waals surface area contributed by atoms with E-state index in [4.69, 9.17) is 0 Å². The van der Waals surface area contributed by atoms with Crippen molar-refractivity contribution >= 4 is 45.0 Å². The van der Waals surface area contributed by atoms with E-state index >= 15 is 0 Å². The second kappa shape index (κ2) is 8.12. The highest BCUT2D eigenvalue weighted by atomic mass is 32.2. The van der Waals surface area contributed by atoms with Gasteiger partial charge in [0.2, 0.25) is 11.0 Å². The molecule has 1 N–H and O–H groups in total. The molecule has 142 valence electrons. The standard InChI is InChI=1S/C20H17FN4OS2/c1-13-23-24-20(28-13)22-19(26)12-27-18-11-25(17-5-3-2-4-16(17)18)10-14-6-8-15(21)9-7-14/h2-9,11H,10,12H2,1H3,(H,22,24,26). The molecule has 2 aromatic carbocycles. The molecule has 0 saturated heterocycles. The molecule has 0 radical (unpaired) electrons. The van der Waals surface area contributed by atoms with E-state index in [1.165, 1.54) is 35.2 Å². The molecule has 0 aliphatic carbocycles. The Morgan fingerprint density at radius 3 is 2.71 bits per heavy atom. The van der Waals surface area contributed by atoms with Gasteiger partial charge in [-0.1, -0.05) is 41.7 Å².